The molecule has 5 aromatic rings. The fourth-order valence-corrected chi connectivity index (χ4v) is 8.71. The molecule has 0 fully saturated rings. The Hall–Kier alpha value is -4.70. The van der Waals surface area contributed by atoms with Gasteiger partial charge in [0.05, 0.1) is 43.5 Å². The quantitative estimate of drug-likeness (QED) is 0.125. The highest BCUT2D eigenvalue weighted by Gasteiger charge is 2.44. The van der Waals surface area contributed by atoms with E-state index in [-0.39, 0.29) is 80.4 Å². The monoisotopic (exact) mass is 989 g/mol. The second-order valence-corrected chi connectivity index (χ2v) is 18.7. The molecule has 0 spiro atoms. The van der Waals surface area contributed by atoms with Crippen molar-refractivity contribution >= 4 is 0 Å². The molecule has 65 heavy (non-hydrogen) atoms. The molecule has 6 rings (SSSR count). The lowest BCUT2D eigenvalue weighted by Crippen LogP contribution is -3.00. The molecule has 0 aliphatic carbocycles. The van der Waals surface area contributed by atoms with Crippen LogP contribution < -0.4 is 26.5 Å². The van der Waals surface area contributed by atoms with Gasteiger partial charge in [-0.2, -0.15) is 52.7 Å². The van der Waals surface area contributed by atoms with Crippen LogP contribution >= 0.6 is 0 Å². The van der Waals surface area contributed by atoms with E-state index in [1.165, 1.54) is 14.2 Å². The van der Waals surface area contributed by atoms with Crippen molar-refractivity contribution in [2.45, 2.75) is 103 Å². The van der Waals surface area contributed by atoms with Crippen LogP contribution in [0.25, 0.3) is 33.4 Å². The number of ether oxygens (including phenoxy) is 2. The highest BCUT2D eigenvalue weighted by Crippen LogP contribution is 2.56. The Bertz CT molecular complexity index is 2360. The zero-order valence-corrected chi connectivity index (χ0v) is 38.8. The van der Waals surface area contributed by atoms with Crippen molar-refractivity contribution in [1.82, 2.24) is 0 Å². The number of halogens is 13. The summed E-state index contributed by atoms with van der Waals surface area (Å²) in [5.74, 6) is -0.00270. The van der Waals surface area contributed by atoms with Gasteiger partial charge in [-0.3, -0.25) is 0 Å². The molecule has 1 aliphatic rings. The van der Waals surface area contributed by atoms with E-state index in [2.05, 4.69) is 0 Å². The first-order valence-corrected chi connectivity index (χ1v) is 20.2. The van der Waals surface area contributed by atoms with Crippen LogP contribution in [0.5, 0.6) is 11.5 Å². The summed E-state index contributed by atoms with van der Waals surface area (Å²) in [4.78, 5) is 0. The molecule has 0 bridgehead atoms. The predicted molar refractivity (Wildman–Crippen MR) is 222 cm³/mol. The summed E-state index contributed by atoms with van der Waals surface area (Å²) in [5, 5.41) is 0. The zero-order valence-electron chi connectivity index (χ0n) is 37.2. The van der Waals surface area contributed by atoms with E-state index in [0.717, 1.165) is 5.56 Å². The van der Waals surface area contributed by atoms with Gasteiger partial charge in [0.2, 0.25) is 0 Å². The van der Waals surface area contributed by atoms with Gasteiger partial charge in [0, 0.05) is 38.9 Å². The van der Waals surface area contributed by atoms with Gasteiger partial charge >= 0.3 is 24.7 Å². The van der Waals surface area contributed by atoms with E-state index < -0.39 is 75.0 Å². The molecule has 1 atom stereocenters. The molecule has 0 aromatic heterocycles. The van der Waals surface area contributed by atoms with Crippen molar-refractivity contribution in [3.8, 4) is 44.9 Å². The largest absolute Gasteiger partial charge is 1.00 e. The summed E-state index contributed by atoms with van der Waals surface area (Å²) in [6.07, 6.45) is -20.9. The summed E-state index contributed by atoms with van der Waals surface area (Å²) in [5.41, 5.74) is -6.59. The second kappa shape index (κ2) is 17.2. The normalized spacial score (nSPS) is 15.0. The van der Waals surface area contributed by atoms with Crippen molar-refractivity contribution < 1.29 is 83.6 Å². The summed E-state index contributed by atoms with van der Waals surface area (Å²) in [6, 6.07) is 14.5. The molecule has 352 valence electrons. The van der Waals surface area contributed by atoms with Gasteiger partial charge in [-0.05, 0) is 88.5 Å². The Morgan fingerprint density at radius 2 is 0.800 bits per heavy atom. The van der Waals surface area contributed by atoms with Crippen LogP contribution in [-0.2, 0) is 48.6 Å². The number of hydrogen-bond acceptors (Lipinski definition) is 2. The van der Waals surface area contributed by atoms with Gasteiger partial charge in [-0.1, -0.05) is 71.9 Å². The van der Waals surface area contributed by atoms with Crippen LogP contribution in [0.3, 0.4) is 0 Å². The Morgan fingerprint density at radius 3 is 1.06 bits per heavy atom. The van der Waals surface area contributed by atoms with Gasteiger partial charge in [0.1, 0.15) is 30.6 Å². The number of methoxy groups -OCH3 is 2. The standard InChI is InChI=1S/C49H48F12NO2.BrH/c1-26(27-14-12-11-13-15-27)62(8)24-36-34(22-38(44(2,3)4)42(63-9)40(36)28-16-30(46(50,51)52)20-31(17-28)47(53,54)55)35-23-39(45(5,6)7)43(64-10)41(37(35)25-62)29-18-32(48(56,57)58)21-33(19-29)49(59,60)61;/h11-23,26H,24-25H2,1-10H3;1H/q+1;/p-1/t26-;/m1./s1. The number of alkyl halides is 12. The first kappa shape index (κ1) is 51.3. The molecule has 0 unspecified atom stereocenters. The number of quaternary nitrogens is 1. The smallest absolute Gasteiger partial charge is 0.416 e. The van der Waals surface area contributed by atoms with E-state index >= 15 is 0 Å². The SMILES string of the molecule is COc1c(C(C)(C)C)cc2c(c1-c1cc(C(F)(F)F)cc(C(F)(F)F)c1)C[N+](C)([C@H](C)c1ccccc1)Cc1c-2cc(C(C)(C)C)c(OC)c1-c1cc(C(F)(F)F)cc(C(F)(F)F)c1.[Br-]. The van der Waals surface area contributed by atoms with Crippen LogP contribution in [0.15, 0.2) is 78.9 Å². The van der Waals surface area contributed by atoms with Gasteiger partial charge in [-0.15, -0.1) is 0 Å². The lowest BCUT2D eigenvalue weighted by atomic mass is 9.76. The fraction of sp³-hybridized carbons (Fsp3) is 0.388. The number of fused-ring (bicyclic) bond motifs is 3. The van der Waals surface area contributed by atoms with Crippen molar-refractivity contribution in [2.75, 3.05) is 21.3 Å². The Balaban J connectivity index is 0.00000793. The number of hydrogen-bond donors (Lipinski definition) is 0. The average Bonchev–Trinajstić information content (AvgIpc) is 3.30. The number of benzene rings is 5. The molecule has 0 saturated carbocycles. The summed E-state index contributed by atoms with van der Waals surface area (Å²) in [7, 11) is 4.30. The van der Waals surface area contributed by atoms with Crippen molar-refractivity contribution in [2.24, 2.45) is 0 Å². The zero-order chi connectivity index (χ0) is 47.9. The maximum Gasteiger partial charge on any atom is 0.416 e. The van der Waals surface area contributed by atoms with E-state index in [1.807, 2.05) is 19.1 Å². The minimum absolute atomic E-state index is 0. The molecule has 1 aliphatic heterocycles. The minimum atomic E-state index is -5.21. The molecule has 5 aromatic carbocycles. The molecule has 1 heterocycles. The predicted octanol–water partition coefficient (Wildman–Crippen LogP) is 12.6. The minimum Gasteiger partial charge on any atom is -1.00 e. The van der Waals surface area contributed by atoms with E-state index in [1.54, 1.807) is 78.9 Å². The van der Waals surface area contributed by atoms with Gasteiger partial charge in [0.25, 0.3) is 0 Å². The molecule has 0 N–H and O–H groups in total. The summed E-state index contributed by atoms with van der Waals surface area (Å²) >= 11 is 0. The Kier molecular flexibility index (Phi) is 13.6. The Labute approximate surface area is 380 Å². The third-order valence-electron chi connectivity index (χ3n) is 12.1. The lowest BCUT2D eigenvalue weighted by Gasteiger charge is -2.41. The molecular weight excluding hydrogens is 942 g/mol. The fourth-order valence-electron chi connectivity index (χ4n) is 8.71. The van der Waals surface area contributed by atoms with Gasteiger partial charge in [0.15, 0.2) is 0 Å². The first-order chi connectivity index (χ1) is 29.2. The Morgan fingerprint density at radius 1 is 0.492 bits per heavy atom. The van der Waals surface area contributed by atoms with E-state index in [9.17, 15) is 52.7 Å². The van der Waals surface area contributed by atoms with Crippen LogP contribution in [-0.4, -0.2) is 25.8 Å². The highest BCUT2D eigenvalue weighted by molar-refractivity contribution is 5.91. The number of rotatable bonds is 6. The number of nitrogens with zero attached hydrogens (tertiary/aromatic N) is 1. The summed E-state index contributed by atoms with van der Waals surface area (Å²) < 4.78 is 187. The van der Waals surface area contributed by atoms with Gasteiger partial charge in [-0.25, -0.2) is 0 Å². The van der Waals surface area contributed by atoms with Crippen molar-refractivity contribution in [1.29, 1.82) is 0 Å². The maximum atomic E-state index is 14.6. The van der Waals surface area contributed by atoms with Crippen LogP contribution in [0.4, 0.5) is 52.7 Å². The molecule has 0 amide bonds. The van der Waals surface area contributed by atoms with E-state index in [4.69, 9.17) is 9.47 Å². The van der Waals surface area contributed by atoms with Crippen LogP contribution in [0, 0.1) is 0 Å². The lowest BCUT2D eigenvalue weighted by molar-refractivity contribution is -0.962. The third kappa shape index (κ3) is 10.0. The van der Waals surface area contributed by atoms with Crippen LogP contribution in [0.2, 0.25) is 0 Å². The topological polar surface area (TPSA) is 18.5 Å². The van der Waals surface area contributed by atoms with E-state index in [0.29, 0.717) is 46.5 Å². The molecule has 0 radical (unpaired) electrons. The molecular formula is C49H48BrF12NO2. The van der Waals surface area contributed by atoms with Gasteiger partial charge < -0.3 is 30.9 Å². The second-order valence-electron chi connectivity index (χ2n) is 18.7. The van der Waals surface area contributed by atoms with Crippen molar-refractivity contribution in [3.63, 3.8) is 0 Å². The van der Waals surface area contributed by atoms with Crippen molar-refractivity contribution in [3.05, 3.63) is 129 Å². The maximum absolute atomic E-state index is 14.6. The average molecular weight is 991 g/mol. The molecule has 3 nitrogen and oxygen atoms in total. The highest BCUT2D eigenvalue weighted by atomic mass is 79.9. The van der Waals surface area contributed by atoms with Crippen LogP contribution in [0.1, 0.15) is 105 Å². The third-order valence-corrected chi connectivity index (χ3v) is 12.1. The molecule has 16 heteroatoms. The summed E-state index contributed by atoms with van der Waals surface area (Å²) in [6.45, 7) is 12.2. The first-order valence-electron chi connectivity index (χ1n) is 20.2. The molecule has 0 saturated heterocycles.